The van der Waals surface area contributed by atoms with Gasteiger partial charge in [0.2, 0.25) is 11.9 Å². The van der Waals surface area contributed by atoms with E-state index in [1.165, 1.54) is 24.5 Å². The van der Waals surface area contributed by atoms with Crippen molar-refractivity contribution in [2.45, 2.75) is 30.6 Å². The van der Waals surface area contributed by atoms with Crippen molar-refractivity contribution in [3.8, 4) is 0 Å². The molecule has 5 rings (SSSR count). The standard InChI is InChI=1S/C25H23N5O3S/c1-2-16-14-26-15-18-4-7-19(12-21(16)18)29-24(31)23-13-22(23)17-5-8-20(9-6-17)34(32,33)30-25-27-10-3-11-28-25/h3-12,14-15,22-23H,2,13H2,1H3,(H,29,31)(H,27,28,30)/t22?,23-/m1/s1. The number of anilines is 2. The van der Waals surface area contributed by atoms with Gasteiger partial charge in [-0.1, -0.05) is 25.1 Å². The van der Waals surface area contributed by atoms with Crippen molar-refractivity contribution >= 4 is 38.3 Å². The lowest BCUT2D eigenvalue weighted by Crippen LogP contribution is -2.15. The second-order valence-corrected chi connectivity index (χ2v) is 9.96. The van der Waals surface area contributed by atoms with Gasteiger partial charge in [0, 0.05) is 41.8 Å². The lowest BCUT2D eigenvalue weighted by molar-refractivity contribution is -0.117. The lowest BCUT2D eigenvalue weighted by atomic mass is 10.1. The molecule has 1 fully saturated rings. The number of nitrogens with zero attached hydrogens (tertiary/aromatic N) is 3. The highest BCUT2D eigenvalue weighted by molar-refractivity contribution is 7.92. The van der Waals surface area contributed by atoms with Crippen molar-refractivity contribution in [3.63, 3.8) is 0 Å². The minimum Gasteiger partial charge on any atom is -0.326 e. The Morgan fingerprint density at radius 2 is 1.82 bits per heavy atom. The van der Waals surface area contributed by atoms with Crippen molar-refractivity contribution in [2.24, 2.45) is 5.92 Å². The maximum absolute atomic E-state index is 12.8. The fourth-order valence-electron chi connectivity index (χ4n) is 4.10. The van der Waals surface area contributed by atoms with Gasteiger partial charge in [-0.2, -0.15) is 0 Å². The van der Waals surface area contributed by atoms with Crippen LogP contribution in [0.25, 0.3) is 10.8 Å². The zero-order valence-electron chi connectivity index (χ0n) is 18.5. The zero-order valence-corrected chi connectivity index (χ0v) is 19.3. The predicted octanol–water partition coefficient (Wildman–Crippen LogP) is 4.13. The molecule has 1 unspecified atom stereocenters. The van der Waals surface area contributed by atoms with E-state index in [0.717, 1.165) is 40.4 Å². The largest absolute Gasteiger partial charge is 0.326 e. The van der Waals surface area contributed by atoms with Gasteiger partial charge in [-0.05, 0) is 65.6 Å². The monoisotopic (exact) mass is 473 g/mol. The highest BCUT2D eigenvalue weighted by Gasteiger charge is 2.44. The zero-order chi connectivity index (χ0) is 23.7. The second-order valence-electron chi connectivity index (χ2n) is 8.27. The summed E-state index contributed by atoms with van der Waals surface area (Å²) in [5.41, 5.74) is 2.84. The van der Waals surface area contributed by atoms with E-state index in [9.17, 15) is 13.2 Å². The highest BCUT2D eigenvalue weighted by atomic mass is 32.2. The summed E-state index contributed by atoms with van der Waals surface area (Å²) in [4.78, 5) is 25.0. The van der Waals surface area contributed by atoms with Gasteiger partial charge in [-0.15, -0.1) is 0 Å². The Kier molecular flexibility index (Phi) is 5.70. The minimum atomic E-state index is -3.79. The molecule has 0 spiro atoms. The lowest BCUT2D eigenvalue weighted by Gasteiger charge is -2.09. The Morgan fingerprint density at radius 3 is 2.56 bits per heavy atom. The van der Waals surface area contributed by atoms with Crippen LogP contribution in [0.3, 0.4) is 0 Å². The summed E-state index contributed by atoms with van der Waals surface area (Å²) in [6.07, 6.45) is 8.20. The van der Waals surface area contributed by atoms with Gasteiger partial charge in [-0.25, -0.2) is 23.1 Å². The van der Waals surface area contributed by atoms with E-state index in [-0.39, 0.29) is 28.6 Å². The molecule has 172 valence electrons. The van der Waals surface area contributed by atoms with Crippen LogP contribution in [0.2, 0.25) is 0 Å². The molecule has 34 heavy (non-hydrogen) atoms. The van der Waals surface area contributed by atoms with E-state index < -0.39 is 10.0 Å². The quantitative estimate of drug-likeness (QED) is 0.417. The minimum absolute atomic E-state index is 0.0153. The average Bonchev–Trinajstić information content (AvgIpc) is 3.65. The first-order valence-corrected chi connectivity index (χ1v) is 12.5. The van der Waals surface area contributed by atoms with Gasteiger partial charge in [0.05, 0.1) is 4.90 Å². The molecule has 0 bridgehead atoms. The average molecular weight is 474 g/mol. The molecule has 1 amide bonds. The van der Waals surface area contributed by atoms with Crippen LogP contribution in [-0.2, 0) is 21.2 Å². The number of fused-ring (bicyclic) bond motifs is 1. The van der Waals surface area contributed by atoms with Crippen LogP contribution in [0.4, 0.5) is 11.6 Å². The molecule has 2 aromatic heterocycles. The number of amides is 1. The summed E-state index contributed by atoms with van der Waals surface area (Å²) in [6, 6.07) is 14.1. The van der Waals surface area contributed by atoms with Crippen molar-refractivity contribution in [1.29, 1.82) is 0 Å². The molecular weight excluding hydrogens is 450 g/mol. The molecule has 2 atom stereocenters. The van der Waals surface area contributed by atoms with E-state index in [4.69, 9.17) is 0 Å². The Labute approximate surface area is 197 Å². The van der Waals surface area contributed by atoms with Crippen LogP contribution in [0.1, 0.15) is 30.4 Å². The summed E-state index contributed by atoms with van der Waals surface area (Å²) in [5.74, 6) is -0.0901. The Morgan fingerprint density at radius 1 is 1.06 bits per heavy atom. The van der Waals surface area contributed by atoms with E-state index in [1.807, 2.05) is 30.6 Å². The number of aromatic nitrogens is 3. The number of carbonyl (C=O) groups excluding carboxylic acids is 1. The van der Waals surface area contributed by atoms with Crippen LogP contribution in [-0.4, -0.2) is 29.3 Å². The molecule has 2 heterocycles. The molecule has 8 nitrogen and oxygen atoms in total. The third-order valence-corrected chi connectivity index (χ3v) is 7.37. The number of aryl methyl sites for hydroxylation is 1. The summed E-state index contributed by atoms with van der Waals surface area (Å²) < 4.78 is 27.5. The van der Waals surface area contributed by atoms with Gasteiger partial charge in [-0.3, -0.25) is 9.78 Å². The number of hydrogen-bond acceptors (Lipinski definition) is 6. The Bertz CT molecular complexity index is 1460. The first-order chi connectivity index (χ1) is 16.4. The summed E-state index contributed by atoms with van der Waals surface area (Å²) in [6.45, 7) is 2.08. The van der Waals surface area contributed by atoms with Crippen LogP contribution < -0.4 is 10.0 Å². The Balaban J connectivity index is 1.25. The highest BCUT2D eigenvalue weighted by Crippen LogP contribution is 2.48. The van der Waals surface area contributed by atoms with Crippen LogP contribution >= 0.6 is 0 Å². The SMILES string of the molecule is CCc1cncc2ccc(NC(=O)[C@@H]3CC3c3ccc(S(=O)(=O)Nc4ncccn4)cc3)cc12. The predicted molar refractivity (Wildman–Crippen MR) is 130 cm³/mol. The third kappa shape index (κ3) is 4.47. The van der Waals surface area contributed by atoms with Crippen LogP contribution in [0.5, 0.6) is 0 Å². The van der Waals surface area contributed by atoms with Gasteiger partial charge in [0.1, 0.15) is 0 Å². The van der Waals surface area contributed by atoms with Crippen molar-refractivity contribution < 1.29 is 13.2 Å². The van der Waals surface area contributed by atoms with Crippen molar-refractivity contribution in [3.05, 3.63) is 84.4 Å². The van der Waals surface area contributed by atoms with Gasteiger partial charge in [0.15, 0.2) is 0 Å². The topological polar surface area (TPSA) is 114 Å². The molecule has 0 saturated heterocycles. The summed E-state index contributed by atoms with van der Waals surface area (Å²) in [7, 11) is -3.79. The fourth-order valence-corrected chi connectivity index (χ4v) is 5.05. The van der Waals surface area contributed by atoms with Crippen LogP contribution in [0, 0.1) is 5.92 Å². The number of carbonyl (C=O) groups is 1. The van der Waals surface area contributed by atoms with Crippen LogP contribution in [0.15, 0.2) is 78.2 Å². The first kappa shape index (κ1) is 22.0. The third-order valence-electron chi connectivity index (χ3n) is 6.03. The smallest absolute Gasteiger partial charge is 0.264 e. The summed E-state index contributed by atoms with van der Waals surface area (Å²) in [5, 5.41) is 5.17. The number of benzene rings is 2. The number of sulfonamides is 1. The molecule has 1 aliphatic rings. The molecule has 1 saturated carbocycles. The molecule has 0 aliphatic heterocycles. The molecule has 2 N–H and O–H groups in total. The summed E-state index contributed by atoms with van der Waals surface area (Å²) >= 11 is 0. The molecule has 0 radical (unpaired) electrons. The number of nitrogens with one attached hydrogen (secondary N) is 2. The molecule has 9 heteroatoms. The normalized spacial score (nSPS) is 17.3. The molecule has 1 aliphatic carbocycles. The van der Waals surface area contributed by atoms with Gasteiger partial charge >= 0.3 is 0 Å². The van der Waals surface area contributed by atoms with E-state index in [0.29, 0.717) is 0 Å². The molecule has 2 aromatic carbocycles. The van der Waals surface area contributed by atoms with Crippen molar-refractivity contribution in [2.75, 3.05) is 10.0 Å². The fraction of sp³-hybridized carbons (Fsp3) is 0.200. The maximum atomic E-state index is 12.8. The molecular formula is C25H23N5O3S. The molecule has 4 aromatic rings. The van der Waals surface area contributed by atoms with E-state index >= 15 is 0 Å². The maximum Gasteiger partial charge on any atom is 0.264 e. The first-order valence-electron chi connectivity index (χ1n) is 11.0. The number of pyridine rings is 1. The van der Waals surface area contributed by atoms with Gasteiger partial charge < -0.3 is 5.32 Å². The Hall–Kier alpha value is -3.85. The number of hydrogen-bond donors (Lipinski definition) is 2. The van der Waals surface area contributed by atoms with E-state index in [2.05, 4.69) is 31.9 Å². The number of rotatable bonds is 7. The van der Waals surface area contributed by atoms with Crippen molar-refractivity contribution in [1.82, 2.24) is 15.0 Å². The van der Waals surface area contributed by atoms with Gasteiger partial charge in [0.25, 0.3) is 10.0 Å². The van der Waals surface area contributed by atoms with E-state index in [1.54, 1.807) is 18.2 Å². The second kappa shape index (κ2) is 8.83.